The molecule has 0 aliphatic carbocycles. The van der Waals surface area contributed by atoms with Gasteiger partial charge in [-0.15, -0.1) is 0 Å². The molecule has 0 atom stereocenters. The van der Waals surface area contributed by atoms with Gasteiger partial charge < -0.3 is 4.57 Å². The van der Waals surface area contributed by atoms with Gasteiger partial charge in [0.15, 0.2) is 5.78 Å². The van der Waals surface area contributed by atoms with Crippen LogP contribution in [0.15, 0.2) is 47.4 Å². The molecule has 1 aromatic carbocycles. The van der Waals surface area contributed by atoms with Crippen LogP contribution < -0.4 is 5.56 Å². The van der Waals surface area contributed by atoms with Crippen molar-refractivity contribution in [1.29, 1.82) is 0 Å². The van der Waals surface area contributed by atoms with Crippen molar-refractivity contribution in [3.8, 4) is 0 Å². The average molecular weight is 262 g/mol. The first kappa shape index (κ1) is 12.6. The minimum absolute atomic E-state index is 0.00243. The summed E-state index contributed by atoms with van der Waals surface area (Å²) in [6, 6.07) is 10.1. The number of aromatic nitrogens is 1. The van der Waals surface area contributed by atoms with E-state index in [1.807, 2.05) is 19.1 Å². The standard InChI is InChI=1S/C14H12ClNO2/c1-10-2-4-11(5-3-10)13(17)9-16-8-12(15)6-7-14(16)18/h2-8H,9H2,1H3. The second-order valence-corrected chi connectivity index (χ2v) is 4.54. The minimum atomic E-state index is -0.236. The second-order valence-electron chi connectivity index (χ2n) is 4.10. The van der Waals surface area contributed by atoms with E-state index < -0.39 is 0 Å². The van der Waals surface area contributed by atoms with Crippen molar-refractivity contribution in [3.63, 3.8) is 0 Å². The van der Waals surface area contributed by atoms with Gasteiger partial charge in [-0.1, -0.05) is 41.4 Å². The highest BCUT2D eigenvalue weighted by Gasteiger charge is 2.07. The van der Waals surface area contributed by atoms with Gasteiger partial charge in [-0.2, -0.15) is 0 Å². The van der Waals surface area contributed by atoms with Gasteiger partial charge in [0.25, 0.3) is 5.56 Å². The summed E-state index contributed by atoms with van der Waals surface area (Å²) < 4.78 is 1.31. The van der Waals surface area contributed by atoms with Crippen LogP contribution in [-0.4, -0.2) is 10.4 Å². The molecule has 3 nitrogen and oxygen atoms in total. The molecule has 0 unspecified atom stereocenters. The Morgan fingerprint density at radius 2 is 1.83 bits per heavy atom. The molecule has 0 aliphatic heterocycles. The molecule has 1 heterocycles. The highest BCUT2D eigenvalue weighted by molar-refractivity contribution is 6.30. The lowest BCUT2D eigenvalue weighted by atomic mass is 10.1. The van der Waals surface area contributed by atoms with Crippen LogP contribution in [0.5, 0.6) is 0 Å². The molecule has 2 rings (SSSR count). The number of aryl methyl sites for hydroxylation is 1. The van der Waals surface area contributed by atoms with Gasteiger partial charge in [0.1, 0.15) is 0 Å². The third kappa shape index (κ3) is 2.87. The molecule has 0 saturated heterocycles. The molecular formula is C14H12ClNO2. The molecule has 1 aromatic heterocycles. The van der Waals surface area contributed by atoms with E-state index in [9.17, 15) is 9.59 Å². The second kappa shape index (κ2) is 5.19. The number of rotatable bonds is 3. The molecule has 0 saturated carbocycles. The fraction of sp³-hybridized carbons (Fsp3) is 0.143. The van der Waals surface area contributed by atoms with E-state index in [-0.39, 0.29) is 17.9 Å². The van der Waals surface area contributed by atoms with E-state index in [1.54, 1.807) is 12.1 Å². The largest absolute Gasteiger partial charge is 0.306 e. The first-order valence-corrected chi connectivity index (χ1v) is 5.90. The van der Waals surface area contributed by atoms with Gasteiger partial charge in [-0.05, 0) is 13.0 Å². The molecular weight excluding hydrogens is 250 g/mol. The molecule has 2 aromatic rings. The van der Waals surface area contributed by atoms with E-state index in [0.717, 1.165) is 5.56 Å². The minimum Gasteiger partial charge on any atom is -0.306 e. The summed E-state index contributed by atoms with van der Waals surface area (Å²) in [5, 5.41) is 0.436. The molecule has 92 valence electrons. The SMILES string of the molecule is Cc1ccc(C(=O)Cn2cc(Cl)ccc2=O)cc1. The maximum Gasteiger partial charge on any atom is 0.251 e. The van der Waals surface area contributed by atoms with E-state index in [0.29, 0.717) is 10.6 Å². The zero-order valence-corrected chi connectivity index (χ0v) is 10.6. The maximum absolute atomic E-state index is 12.0. The Balaban J connectivity index is 2.24. The number of carbonyl (C=O) groups excluding carboxylic acids is 1. The number of hydrogen-bond acceptors (Lipinski definition) is 2. The summed E-state index contributed by atoms with van der Waals surface area (Å²) >= 11 is 5.80. The number of Topliss-reactive ketones (excluding diaryl/α,β-unsaturated/α-hetero) is 1. The lowest BCUT2D eigenvalue weighted by Crippen LogP contribution is -2.22. The predicted octanol–water partition coefficient (Wildman–Crippen LogP) is 2.69. The van der Waals surface area contributed by atoms with Crippen molar-refractivity contribution in [2.24, 2.45) is 0 Å². The van der Waals surface area contributed by atoms with Crippen LogP contribution in [0.2, 0.25) is 5.02 Å². The molecule has 18 heavy (non-hydrogen) atoms. The van der Waals surface area contributed by atoms with Gasteiger partial charge in [-0.25, -0.2) is 0 Å². The number of carbonyl (C=O) groups is 1. The zero-order chi connectivity index (χ0) is 13.1. The van der Waals surface area contributed by atoms with Gasteiger partial charge >= 0.3 is 0 Å². The highest BCUT2D eigenvalue weighted by Crippen LogP contribution is 2.07. The van der Waals surface area contributed by atoms with Crippen molar-refractivity contribution >= 4 is 17.4 Å². The van der Waals surface area contributed by atoms with E-state index in [1.165, 1.54) is 22.9 Å². The van der Waals surface area contributed by atoms with Crippen LogP contribution in [0.25, 0.3) is 0 Å². The van der Waals surface area contributed by atoms with Crippen molar-refractivity contribution in [2.45, 2.75) is 13.5 Å². The predicted molar refractivity (Wildman–Crippen MR) is 71.2 cm³/mol. The topological polar surface area (TPSA) is 39.1 Å². The Hall–Kier alpha value is -1.87. The fourth-order valence-corrected chi connectivity index (χ4v) is 1.79. The molecule has 0 aliphatic rings. The first-order chi connectivity index (χ1) is 8.56. The van der Waals surface area contributed by atoms with Crippen LogP contribution in [-0.2, 0) is 6.54 Å². The molecule has 0 bridgehead atoms. The zero-order valence-electron chi connectivity index (χ0n) is 9.89. The molecule has 0 radical (unpaired) electrons. The van der Waals surface area contributed by atoms with Crippen molar-refractivity contribution < 1.29 is 4.79 Å². The van der Waals surface area contributed by atoms with Gasteiger partial charge in [0, 0.05) is 17.8 Å². The Kier molecular flexibility index (Phi) is 3.63. The molecule has 0 fully saturated rings. The highest BCUT2D eigenvalue weighted by atomic mass is 35.5. The Morgan fingerprint density at radius 1 is 1.17 bits per heavy atom. The quantitative estimate of drug-likeness (QED) is 0.797. The first-order valence-electron chi connectivity index (χ1n) is 5.52. The molecule has 0 amide bonds. The van der Waals surface area contributed by atoms with Gasteiger partial charge in [0.2, 0.25) is 0 Å². The van der Waals surface area contributed by atoms with Crippen LogP contribution in [0.3, 0.4) is 0 Å². The summed E-state index contributed by atoms with van der Waals surface area (Å²) in [7, 11) is 0. The monoisotopic (exact) mass is 261 g/mol. The average Bonchev–Trinajstić information content (AvgIpc) is 2.34. The number of pyridine rings is 1. The summed E-state index contributed by atoms with van der Waals surface area (Å²) in [4.78, 5) is 23.5. The summed E-state index contributed by atoms with van der Waals surface area (Å²) in [5.74, 6) is -0.112. The molecule has 0 spiro atoms. The van der Waals surface area contributed by atoms with Crippen molar-refractivity contribution in [3.05, 3.63) is 69.1 Å². The lowest BCUT2D eigenvalue weighted by molar-refractivity contribution is 0.0971. The van der Waals surface area contributed by atoms with Gasteiger partial charge in [0.05, 0.1) is 11.6 Å². The maximum atomic E-state index is 12.0. The van der Waals surface area contributed by atoms with Gasteiger partial charge in [-0.3, -0.25) is 9.59 Å². The Labute approximate surface area is 110 Å². The lowest BCUT2D eigenvalue weighted by Gasteiger charge is -2.05. The summed E-state index contributed by atoms with van der Waals surface area (Å²) in [6.07, 6.45) is 1.47. The van der Waals surface area contributed by atoms with E-state index in [2.05, 4.69) is 0 Å². The number of benzene rings is 1. The van der Waals surface area contributed by atoms with E-state index in [4.69, 9.17) is 11.6 Å². The molecule has 0 N–H and O–H groups in total. The van der Waals surface area contributed by atoms with Crippen LogP contribution in [0.4, 0.5) is 0 Å². The third-order valence-corrected chi connectivity index (χ3v) is 2.86. The number of halogens is 1. The van der Waals surface area contributed by atoms with Crippen molar-refractivity contribution in [1.82, 2.24) is 4.57 Å². The number of hydrogen-bond donors (Lipinski definition) is 0. The van der Waals surface area contributed by atoms with Crippen LogP contribution >= 0.6 is 11.6 Å². The summed E-state index contributed by atoms with van der Waals surface area (Å²) in [6.45, 7) is 1.96. The normalized spacial score (nSPS) is 10.3. The third-order valence-electron chi connectivity index (χ3n) is 2.63. The summed E-state index contributed by atoms with van der Waals surface area (Å²) in [5.41, 5.74) is 1.44. The van der Waals surface area contributed by atoms with Crippen LogP contribution in [0.1, 0.15) is 15.9 Å². The van der Waals surface area contributed by atoms with Crippen LogP contribution in [0, 0.1) is 6.92 Å². The Bertz CT molecular complexity index is 629. The Morgan fingerprint density at radius 3 is 2.50 bits per heavy atom. The fourth-order valence-electron chi connectivity index (χ4n) is 1.61. The smallest absolute Gasteiger partial charge is 0.251 e. The molecule has 4 heteroatoms. The number of nitrogens with zero attached hydrogens (tertiary/aromatic N) is 1. The van der Waals surface area contributed by atoms with E-state index >= 15 is 0 Å². The number of ketones is 1. The van der Waals surface area contributed by atoms with Crippen molar-refractivity contribution in [2.75, 3.05) is 0 Å².